The number of rotatable bonds is 9. The lowest BCUT2D eigenvalue weighted by atomic mass is 10.2. The van der Waals surface area contributed by atoms with E-state index in [1.807, 2.05) is 39.1 Å². The van der Waals surface area contributed by atoms with E-state index in [4.69, 9.17) is 0 Å². The molecule has 0 aliphatic carbocycles. The number of anilines is 3. The highest BCUT2D eigenvalue weighted by Gasteiger charge is 2.09. The summed E-state index contributed by atoms with van der Waals surface area (Å²) in [6.45, 7) is 5.71. The molecule has 3 N–H and O–H groups in total. The maximum Gasteiger partial charge on any atom is 0.251 e. The van der Waals surface area contributed by atoms with Gasteiger partial charge in [0.2, 0.25) is 6.41 Å². The minimum atomic E-state index is -0.118. The number of aryl methyl sites for hydroxylation is 1. The van der Waals surface area contributed by atoms with Crippen molar-refractivity contribution in [2.24, 2.45) is 0 Å². The average molecular weight is 355 g/mol. The molecule has 2 aromatic rings. The molecule has 1 aromatic carbocycles. The van der Waals surface area contributed by atoms with Crippen molar-refractivity contribution < 1.29 is 9.59 Å². The predicted octanol–water partition coefficient (Wildman–Crippen LogP) is 2.07. The van der Waals surface area contributed by atoms with Gasteiger partial charge in [-0.25, -0.2) is 4.98 Å². The van der Waals surface area contributed by atoms with Crippen molar-refractivity contribution in [3.05, 3.63) is 47.7 Å². The molecule has 1 aromatic heterocycles. The fourth-order valence-electron chi connectivity index (χ4n) is 2.51. The summed E-state index contributed by atoms with van der Waals surface area (Å²) in [6, 6.07) is 9.12. The highest BCUT2D eigenvalue weighted by atomic mass is 16.1. The number of amides is 2. The Morgan fingerprint density at radius 1 is 1.27 bits per heavy atom. The smallest absolute Gasteiger partial charge is 0.251 e. The molecular weight excluding hydrogens is 330 g/mol. The van der Waals surface area contributed by atoms with Gasteiger partial charge < -0.3 is 20.9 Å². The molecule has 7 heteroatoms. The molecule has 0 bridgehead atoms. The van der Waals surface area contributed by atoms with Crippen LogP contribution in [0.5, 0.6) is 0 Å². The van der Waals surface area contributed by atoms with Crippen LogP contribution in [0.4, 0.5) is 17.2 Å². The molecule has 0 atom stereocenters. The van der Waals surface area contributed by atoms with Gasteiger partial charge >= 0.3 is 0 Å². The zero-order valence-electron chi connectivity index (χ0n) is 15.4. The molecule has 26 heavy (non-hydrogen) atoms. The van der Waals surface area contributed by atoms with E-state index in [9.17, 15) is 9.59 Å². The molecule has 0 radical (unpaired) electrons. The van der Waals surface area contributed by atoms with Gasteiger partial charge in [0.1, 0.15) is 5.82 Å². The van der Waals surface area contributed by atoms with Crippen LogP contribution in [0.15, 0.2) is 36.5 Å². The zero-order valence-corrected chi connectivity index (χ0v) is 15.4. The van der Waals surface area contributed by atoms with E-state index in [0.717, 1.165) is 29.9 Å². The molecule has 0 saturated carbocycles. The predicted molar refractivity (Wildman–Crippen MR) is 104 cm³/mol. The van der Waals surface area contributed by atoms with Crippen molar-refractivity contribution in [1.29, 1.82) is 0 Å². The van der Waals surface area contributed by atoms with Crippen molar-refractivity contribution in [3.8, 4) is 0 Å². The van der Waals surface area contributed by atoms with Crippen LogP contribution in [-0.4, -0.2) is 44.0 Å². The molecule has 1 heterocycles. The third-order valence-electron chi connectivity index (χ3n) is 3.92. The molecule has 0 aliphatic rings. The third kappa shape index (κ3) is 5.03. The second-order valence-corrected chi connectivity index (χ2v) is 5.81. The molecule has 0 saturated heterocycles. The van der Waals surface area contributed by atoms with Crippen molar-refractivity contribution in [1.82, 2.24) is 15.6 Å². The van der Waals surface area contributed by atoms with Gasteiger partial charge in [-0.15, -0.1) is 0 Å². The first-order valence-electron chi connectivity index (χ1n) is 8.57. The standard InChI is InChI=1S/C19H25N5O2/c1-4-24(13-25)17-12-22-18(10-14(17)2)23-16-7-5-6-15(11-16)19(26)21-9-8-20-3/h5-7,10-13,20H,4,8-9H2,1-3H3,(H,21,26)(H,22,23). The summed E-state index contributed by atoms with van der Waals surface area (Å²) >= 11 is 0. The lowest BCUT2D eigenvalue weighted by molar-refractivity contribution is -0.107. The third-order valence-corrected chi connectivity index (χ3v) is 3.92. The number of hydrogen-bond acceptors (Lipinski definition) is 5. The van der Waals surface area contributed by atoms with Gasteiger partial charge in [-0.2, -0.15) is 0 Å². The van der Waals surface area contributed by atoms with Gasteiger partial charge in [-0.1, -0.05) is 6.07 Å². The van der Waals surface area contributed by atoms with Gasteiger partial charge in [-0.3, -0.25) is 9.59 Å². The first-order valence-corrected chi connectivity index (χ1v) is 8.57. The highest BCUT2D eigenvalue weighted by molar-refractivity contribution is 5.95. The lowest BCUT2D eigenvalue weighted by Crippen LogP contribution is -2.30. The van der Waals surface area contributed by atoms with Crippen LogP contribution >= 0.6 is 0 Å². The Morgan fingerprint density at radius 2 is 2.08 bits per heavy atom. The van der Waals surface area contributed by atoms with E-state index >= 15 is 0 Å². The number of carbonyl (C=O) groups excluding carboxylic acids is 2. The topological polar surface area (TPSA) is 86.4 Å². The maximum atomic E-state index is 12.1. The normalized spacial score (nSPS) is 10.3. The summed E-state index contributed by atoms with van der Waals surface area (Å²) < 4.78 is 0. The summed E-state index contributed by atoms with van der Waals surface area (Å²) in [5, 5.41) is 9.03. The zero-order chi connectivity index (χ0) is 18.9. The number of likely N-dealkylation sites (N-methyl/N-ethyl adjacent to an activating group) is 1. The van der Waals surface area contributed by atoms with Crippen LogP contribution < -0.4 is 20.9 Å². The number of pyridine rings is 1. The molecule has 138 valence electrons. The average Bonchev–Trinajstić information content (AvgIpc) is 2.64. The fourth-order valence-corrected chi connectivity index (χ4v) is 2.51. The van der Waals surface area contributed by atoms with Crippen LogP contribution in [0.2, 0.25) is 0 Å². The van der Waals surface area contributed by atoms with E-state index in [1.165, 1.54) is 0 Å². The number of benzene rings is 1. The van der Waals surface area contributed by atoms with Crippen molar-refractivity contribution in [2.45, 2.75) is 13.8 Å². The Kier molecular flexibility index (Phi) is 7.11. The van der Waals surface area contributed by atoms with Gasteiger partial charge in [0.15, 0.2) is 0 Å². The lowest BCUT2D eigenvalue weighted by Gasteiger charge is -2.18. The van der Waals surface area contributed by atoms with E-state index in [2.05, 4.69) is 20.9 Å². The highest BCUT2D eigenvalue weighted by Crippen LogP contribution is 2.23. The summed E-state index contributed by atoms with van der Waals surface area (Å²) in [4.78, 5) is 29.2. The second kappa shape index (κ2) is 9.53. The number of aromatic nitrogens is 1. The monoisotopic (exact) mass is 355 g/mol. The Bertz CT molecular complexity index is 763. The van der Waals surface area contributed by atoms with Gasteiger partial charge in [-0.05, 0) is 50.7 Å². The Morgan fingerprint density at radius 3 is 2.73 bits per heavy atom. The maximum absolute atomic E-state index is 12.1. The summed E-state index contributed by atoms with van der Waals surface area (Å²) in [6.07, 6.45) is 2.47. The van der Waals surface area contributed by atoms with Crippen LogP contribution in [-0.2, 0) is 4.79 Å². The molecule has 2 amide bonds. The quantitative estimate of drug-likeness (QED) is 0.473. The van der Waals surface area contributed by atoms with E-state index in [-0.39, 0.29) is 5.91 Å². The Hall–Kier alpha value is -2.93. The second-order valence-electron chi connectivity index (χ2n) is 5.81. The number of nitrogens with one attached hydrogen (secondary N) is 3. The van der Waals surface area contributed by atoms with Crippen molar-refractivity contribution in [3.63, 3.8) is 0 Å². The molecule has 0 aliphatic heterocycles. The fraction of sp³-hybridized carbons (Fsp3) is 0.316. The molecule has 7 nitrogen and oxygen atoms in total. The minimum Gasteiger partial charge on any atom is -0.351 e. The van der Waals surface area contributed by atoms with E-state index in [1.54, 1.807) is 23.2 Å². The largest absolute Gasteiger partial charge is 0.351 e. The van der Waals surface area contributed by atoms with E-state index < -0.39 is 0 Å². The van der Waals surface area contributed by atoms with Crippen molar-refractivity contribution in [2.75, 3.05) is 36.9 Å². The molecule has 0 fully saturated rings. The molecule has 0 spiro atoms. The summed E-state index contributed by atoms with van der Waals surface area (Å²) in [7, 11) is 1.84. The molecular formula is C19H25N5O2. The van der Waals surface area contributed by atoms with Gasteiger partial charge in [0.25, 0.3) is 5.91 Å². The van der Waals surface area contributed by atoms with Crippen LogP contribution in [0.25, 0.3) is 0 Å². The summed E-state index contributed by atoms with van der Waals surface area (Å²) in [5.41, 5.74) is 3.08. The van der Waals surface area contributed by atoms with Crippen LogP contribution in [0, 0.1) is 6.92 Å². The Balaban J connectivity index is 2.11. The van der Waals surface area contributed by atoms with Crippen molar-refractivity contribution >= 4 is 29.5 Å². The molecule has 0 unspecified atom stereocenters. The van der Waals surface area contributed by atoms with Crippen LogP contribution in [0.1, 0.15) is 22.8 Å². The van der Waals surface area contributed by atoms with Gasteiger partial charge in [0, 0.05) is 30.9 Å². The Labute approximate surface area is 153 Å². The van der Waals surface area contributed by atoms with Crippen LogP contribution in [0.3, 0.4) is 0 Å². The first-order chi connectivity index (χ1) is 12.6. The number of carbonyl (C=O) groups is 2. The minimum absolute atomic E-state index is 0.118. The van der Waals surface area contributed by atoms with E-state index in [0.29, 0.717) is 24.5 Å². The summed E-state index contributed by atoms with van der Waals surface area (Å²) in [5.74, 6) is 0.536. The van der Waals surface area contributed by atoms with Gasteiger partial charge in [0.05, 0.1) is 11.9 Å². The number of hydrogen-bond donors (Lipinski definition) is 3. The molecule has 2 rings (SSSR count). The first kappa shape index (κ1) is 19.4. The SMILES string of the molecule is CCN(C=O)c1cnc(Nc2cccc(C(=O)NCCNC)c2)cc1C. The number of nitrogens with zero attached hydrogens (tertiary/aromatic N) is 2.